The highest BCUT2D eigenvalue weighted by Gasteiger charge is 2.76. The van der Waals surface area contributed by atoms with Crippen molar-refractivity contribution in [3.8, 4) is 0 Å². The van der Waals surface area contributed by atoms with Gasteiger partial charge < -0.3 is 0 Å². The zero-order chi connectivity index (χ0) is 13.4. The Bertz CT molecular complexity index is 293. The molecule has 0 saturated carbocycles. The number of hydrogen-bond acceptors (Lipinski definition) is 1. The number of alkyl halides is 6. The van der Waals surface area contributed by atoms with Crippen LogP contribution < -0.4 is 0 Å². The van der Waals surface area contributed by atoms with Gasteiger partial charge in [-0.15, -0.1) is 4.94 Å². The molecule has 0 aromatic rings. The van der Waals surface area contributed by atoms with E-state index >= 15 is 0 Å². The van der Waals surface area contributed by atoms with Gasteiger partial charge >= 0.3 is 18.0 Å². The molecular formula is C5ClF9O. The molecule has 16 heavy (non-hydrogen) atoms. The molecule has 0 radical (unpaired) electrons. The molecule has 96 valence electrons. The SMILES string of the molecule is FOC(F)(F)C(F)(C(Cl)=C(F)F)C(F)(F)F. The molecular weight excluding hydrogens is 282 g/mol. The first-order chi connectivity index (χ1) is 6.91. The van der Waals surface area contributed by atoms with Crippen LogP contribution in [0.25, 0.3) is 0 Å². The molecule has 1 atom stereocenters. The van der Waals surface area contributed by atoms with Gasteiger partial charge in [0, 0.05) is 0 Å². The van der Waals surface area contributed by atoms with Crippen LogP contribution in [-0.2, 0) is 4.94 Å². The Balaban J connectivity index is 5.87. The molecule has 0 aromatic heterocycles. The van der Waals surface area contributed by atoms with Gasteiger partial charge in [-0.25, -0.2) is 4.39 Å². The fourth-order valence-corrected chi connectivity index (χ4v) is 0.818. The third kappa shape index (κ3) is 2.21. The molecule has 0 aliphatic rings. The largest absolute Gasteiger partial charge is 0.436 e. The van der Waals surface area contributed by atoms with Gasteiger partial charge in [0.25, 0.3) is 6.08 Å². The summed E-state index contributed by atoms with van der Waals surface area (Å²) in [7, 11) is 0. The summed E-state index contributed by atoms with van der Waals surface area (Å²) < 4.78 is 107. The minimum atomic E-state index is -6.61. The molecule has 0 aromatic carbocycles. The van der Waals surface area contributed by atoms with E-state index in [-0.39, 0.29) is 0 Å². The van der Waals surface area contributed by atoms with Crippen LogP contribution in [0.15, 0.2) is 11.1 Å². The predicted octanol–water partition coefficient (Wildman–Crippen LogP) is 4.10. The van der Waals surface area contributed by atoms with Gasteiger partial charge in [-0.1, -0.05) is 11.6 Å². The van der Waals surface area contributed by atoms with E-state index in [1.54, 1.807) is 0 Å². The van der Waals surface area contributed by atoms with Gasteiger partial charge in [0.1, 0.15) is 5.03 Å². The first-order valence-corrected chi connectivity index (χ1v) is 3.44. The summed E-state index contributed by atoms with van der Waals surface area (Å²) in [6.45, 7) is 0. The first kappa shape index (κ1) is 15.4. The number of hydrogen-bond donors (Lipinski definition) is 0. The summed E-state index contributed by atoms with van der Waals surface area (Å²) in [5, 5.41) is -3.21. The second-order valence-corrected chi connectivity index (χ2v) is 2.70. The summed E-state index contributed by atoms with van der Waals surface area (Å²) >= 11 is 4.08. The van der Waals surface area contributed by atoms with Gasteiger partial charge in [-0.3, -0.25) is 0 Å². The summed E-state index contributed by atoms with van der Waals surface area (Å²) in [6, 6.07) is 0. The van der Waals surface area contributed by atoms with Gasteiger partial charge in [-0.05, 0) is 4.53 Å². The maximum atomic E-state index is 12.8. The van der Waals surface area contributed by atoms with Crippen LogP contribution in [0, 0.1) is 0 Å². The fraction of sp³-hybridized carbons (Fsp3) is 0.600. The molecule has 0 N–H and O–H groups in total. The third-order valence-corrected chi connectivity index (χ3v) is 1.76. The maximum absolute atomic E-state index is 12.8. The van der Waals surface area contributed by atoms with E-state index in [2.05, 4.69) is 11.6 Å². The average Bonchev–Trinajstić information content (AvgIpc) is 2.13. The van der Waals surface area contributed by atoms with E-state index in [9.17, 15) is 39.6 Å². The molecule has 0 heterocycles. The molecule has 0 rings (SSSR count). The van der Waals surface area contributed by atoms with E-state index in [0.29, 0.717) is 0 Å². The second kappa shape index (κ2) is 4.32. The summed E-state index contributed by atoms with van der Waals surface area (Å²) in [5.41, 5.74) is -6.17. The molecule has 0 amide bonds. The molecule has 0 saturated heterocycles. The fourth-order valence-electron chi connectivity index (χ4n) is 0.601. The molecule has 11 heteroatoms. The highest BCUT2D eigenvalue weighted by Crippen LogP contribution is 2.52. The zero-order valence-electron chi connectivity index (χ0n) is 6.69. The van der Waals surface area contributed by atoms with E-state index in [0.717, 1.165) is 0 Å². The van der Waals surface area contributed by atoms with Crippen LogP contribution in [0.2, 0.25) is 0 Å². The second-order valence-electron chi connectivity index (χ2n) is 2.32. The van der Waals surface area contributed by atoms with Crippen molar-refractivity contribution in [2.24, 2.45) is 0 Å². The van der Waals surface area contributed by atoms with E-state index in [1.807, 2.05) is 0 Å². The molecule has 0 spiro atoms. The van der Waals surface area contributed by atoms with E-state index in [4.69, 9.17) is 0 Å². The Labute approximate surface area is 86.3 Å². The number of halogens is 10. The number of rotatable bonds is 3. The Kier molecular flexibility index (Phi) is 4.15. The Morgan fingerprint density at radius 1 is 0.938 bits per heavy atom. The molecule has 0 fully saturated rings. The third-order valence-electron chi connectivity index (χ3n) is 1.36. The highest BCUT2D eigenvalue weighted by molar-refractivity contribution is 6.31. The van der Waals surface area contributed by atoms with E-state index in [1.165, 1.54) is 4.94 Å². The van der Waals surface area contributed by atoms with Crippen molar-refractivity contribution in [3.63, 3.8) is 0 Å². The van der Waals surface area contributed by atoms with Crippen LogP contribution in [0.1, 0.15) is 0 Å². The van der Waals surface area contributed by atoms with Crippen LogP contribution in [0.5, 0.6) is 0 Å². The van der Waals surface area contributed by atoms with Crippen molar-refractivity contribution in [3.05, 3.63) is 11.1 Å². The van der Waals surface area contributed by atoms with Crippen molar-refractivity contribution in [2.75, 3.05) is 0 Å². The van der Waals surface area contributed by atoms with Crippen LogP contribution in [0.3, 0.4) is 0 Å². The molecule has 1 unspecified atom stereocenters. The molecule has 0 aliphatic heterocycles. The van der Waals surface area contributed by atoms with Gasteiger partial charge in [0.05, 0.1) is 0 Å². The van der Waals surface area contributed by atoms with Crippen molar-refractivity contribution >= 4 is 11.6 Å². The van der Waals surface area contributed by atoms with Crippen molar-refractivity contribution in [2.45, 2.75) is 18.0 Å². The molecule has 0 aliphatic carbocycles. The van der Waals surface area contributed by atoms with Crippen LogP contribution >= 0.6 is 11.6 Å². The predicted molar refractivity (Wildman–Crippen MR) is 32.1 cm³/mol. The lowest BCUT2D eigenvalue weighted by Gasteiger charge is -2.30. The van der Waals surface area contributed by atoms with E-state index < -0.39 is 29.1 Å². The topological polar surface area (TPSA) is 9.23 Å². The smallest absolute Gasteiger partial charge is 0.217 e. The average molecular weight is 282 g/mol. The summed E-state index contributed by atoms with van der Waals surface area (Å²) in [4.78, 5) is 1.42. The quantitative estimate of drug-likeness (QED) is 0.708. The molecule has 0 bridgehead atoms. The maximum Gasteiger partial charge on any atom is 0.436 e. The Morgan fingerprint density at radius 3 is 1.50 bits per heavy atom. The van der Waals surface area contributed by atoms with Crippen molar-refractivity contribution in [1.82, 2.24) is 0 Å². The summed E-state index contributed by atoms with van der Waals surface area (Å²) in [5.74, 6) is 0. The zero-order valence-corrected chi connectivity index (χ0v) is 7.44. The lowest BCUT2D eigenvalue weighted by Crippen LogP contribution is -2.56. The summed E-state index contributed by atoms with van der Waals surface area (Å²) in [6.07, 6.45) is -16.4. The lowest BCUT2D eigenvalue weighted by molar-refractivity contribution is -0.430. The van der Waals surface area contributed by atoms with Crippen LogP contribution in [-0.4, -0.2) is 18.0 Å². The minimum Gasteiger partial charge on any atom is -0.217 e. The monoisotopic (exact) mass is 282 g/mol. The first-order valence-electron chi connectivity index (χ1n) is 3.06. The Morgan fingerprint density at radius 2 is 1.31 bits per heavy atom. The minimum absolute atomic E-state index is 1.42. The lowest BCUT2D eigenvalue weighted by atomic mass is 10.0. The standard InChI is InChI=1S/C5ClF9O/c6-1(2(7)8)3(9,4(10,11)12)5(13,14)16-15. The van der Waals surface area contributed by atoms with Gasteiger partial charge in [0.2, 0.25) is 0 Å². The Hall–Kier alpha value is -0.640. The normalized spacial score (nSPS) is 16.9. The van der Waals surface area contributed by atoms with Crippen LogP contribution in [0.4, 0.5) is 39.6 Å². The van der Waals surface area contributed by atoms with Gasteiger partial charge in [-0.2, -0.15) is 30.7 Å². The van der Waals surface area contributed by atoms with Crippen molar-refractivity contribution in [1.29, 1.82) is 0 Å². The van der Waals surface area contributed by atoms with Gasteiger partial charge in [0.15, 0.2) is 0 Å². The molecule has 1 nitrogen and oxygen atoms in total. The van der Waals surface area contributed by atoms with Crippen molar-refractivity contribution < 1.29 is 44.6 Å². The highest BCUT2D eigenvalue weighted by atomic mass is 35.5.